The molecule has 0 spiro atoms. The number of rotatable bonds is 5. The summed E-state index contributed by atoms with van der Waals surface area (Å²) in [4.78, 5) is 20.8. The van der Waals surface area contributed by atoms with Crippen LogP contribution in [0.15, 0.2) is 6.20 Å². The zero-order chi connectivity index (χ0) is 16.9. The summed E-state index contributed by atoms with van der Waals surface area (Å²) < 4.78 is 0. The highest BCUT2D eigenvalue weighted by Crippen LogP contribution is 2.26. The predicted octanol–water partition coefficient (Wildman–Crippen LogP) is 2.42. The number of nitrogens with zero attached hydrogens (tertiary/aromatic N) is 4. The van der Waals surface area contributed by atoms with Crippen molar-refractivity contribution in [3.63, 3.8) is 0 Å². The van der Waals surface area contributed by atoms with Gasteiger partial charge in [-0.25, -0.2) is 4.98 Å². The quantitative estimate of drug-likeness (QED) is 0.628. The van der Waals surface area contributed by atoms with Crippen LogP contribution in [0.5, 0.6) is 0 Å². The lowest BCUT2D eigenvalue weighted by Gasteiger charge is -2.35. The first kappa shape index (κ1) is 16.9. The lowest BCUT2D eigenvalue weighted by molar-refractivity contribution is -0.384. The van der Waals surface area contributed by atoms with Gasteiger partial charge in [0.05, 0.1) is 4.92 Å². The Morgan fingerprint density at radius 1 is 1.25 bits per heavy atom. The van der Waals surface area contributed by atoms with Gasteiger partial charge in [0, 0.05) is 25.7 Å². The maximum absolute atomic E-state index is 10.7. The molecule has 2 aliphatic rings. The number of nitrogens with two attached hydrogens (primary N) is 1. The largest absolute Gasteiger partial charge is 0.378 e. The number of nitrogen functional groups attached to an aromatic ring is 1. The number of aromatic nitrogens is 2. The van der Waals surface area contributed by atoms with Crippen LogP contribution in [0, 0.1) is 16.0 Å². The van der Waals surface area contributed by atoms with Crippen LogP contribution < -0.4 is 11.1 Å². The van der Waals surface area contributed by atoms with E-state index in [0.717, 1.165) is 31.8 Å². The van der Waals surface area contributed by atoms with Gasteiger partial charge in [-0.3, -0.25) is 10.1 Å². The summed E-state index contributed by atoms with van der Waals surface area (Å²) in [5.41, 5.74) is 5.37. The van der Waals surface area contributed by atoms with Gasteiger partial charge in [0.1, 0.15) is 6.20 Å². The fraction of sp³-hybridized carbons (Fsp3) is 0.750. The van der Waals surface area contributed by atoms with Gasteiger partial charge in [0.15, 0.2) is 0 Å². The van der Waals surface area contributed by atoms with Gasteiger partial charge in [0.25, 0.3) is 0 Å². The first-order chi connectivity index (χ1) is 11.6. The third-order valence-electron chi connectivity index (χ3n) is 5.16. The first-order valence-electron chi connectivity index (χ1n) is 8.87. The highest BCUT2D eigenvalue weighted by Gasteiger charge is 2.23. The van der Waals surface area contributed by atoms with E-state index in [-0.39, 0.29) is 11.5 Å². The number of hydrogen-bond donors (Lipinski definition) is 2. The minimum Gasteiger partial charge on any atom is -0.378 e. The Morgan fingerprint density at radius 2 is 1.96 bits per heavy atom. The number of likely N-dealkylation sites (tertiary alicyclic amines) is 1. The molecule has 1 aliphatic carbocycles. The molecule has 0 aromatic carbocycles. The molecule has 1 aliphatic heterocycles. The summed E-state index contributed by atoms with van der Waals surface area (Å²) in [5.74, 6) is 1.16. The van der Waals surface area contributed by atoms with Gasteiger partial charge in [-0.2, -0.15) is 4.98 Å². The SMILES string of the molecule is Nc1nc(NC2CCN(CC3CCCCC3)CC2)ncc1[N+](=O)[O-]. The van der Waals surface area contributed by atoms with E-state index in [4.69, 9.17) is 5.73 Å². The Hall–Kier alpha value is -1.96. The first-order valence-corrected chi connectivity index (χ1v) is 8.87. The van der Waals surface area contributed by atoms with E-state index < -0.39 is 4.92 Å². The Bertz CT molecular complexity index is 568. The Balaban J connectivity index is 1.46. The molecule has 3 rings (SSSR count). The number of anilines is 2. The van der Waals surface area contributed by atoms with Crippen LogP contribution in [0.2, 0.25) is 0 Å². The van der Waals surface area contributed by atoms with Crippen molar-refractivity contribution in [3.05, 3.63) is 16.3 Å². The summed E-state index contributed by atoms with van der Waals surface area (Å²) in [5, 5.41) is 14.0. The van der Waals surface area contributed by atoms with E-state index in [2.05, 4.69) is 20.2 Å². The fourth-order valence-electron chi connectivity index (χ4n) is 3.78. The second-order valence-corrected chi connectivity index (χ2v) is 6.94. The molecule has 0 radical (unpaired) electrons. The van der Waals surface area contributed by atoms with Crippen molar-refractivity contribution in [2.24, 2.45) is 5.92 Å². The van der Waals surface area contributed by atoms with Crippen LogP contribution in [-0.4, -0.2) is 45.5 Å². The Kier molecular flexibility index (Phi) is 5.44. The second kappa shape index (κ2) is 7.74. The molecule has 2 fully saturated rings. The van der Waals surface area contributed by atoms with E-state index in [1.807, 2.05) is 0 Å². The molecule has 8 nitrogen and oxygen atoms in total. The normalized spacial score (nSPS) is 20.8. The molecular weight excluding hydrogens is 308 g/mol. The van der Waals surface area contributed by atoms with E-state index in [1.54, 1.807) is 0 Å². The molecule has 0 amide bonds. The zero-order valence-corrected chi connectivity index (χ0v) is 14.0. The molecular formula is C16H26N6O2. The van der Waals surface area contributed by atoms with Gasteiger partial charge in [-0.15, -0.1) is 0 Å². The molecule has 8 heteroatoms. The maximum atomic E-state index is 10.7. The number of nitrogens with one attached hydrogen (secondary N) is 1. The van der Waals surface area contributed by atoms with Crippen LogP contribution in [-0.2, 0) is 0 Å². The zero-order valence-electron chi connectivity index (χ0n) is 14.0. The van der Waals surface area contributed by atoms with E-state index in [1.165, 1.54) is 44.8 Å². The Morgan fingerprint density at radius 3 is 2.58 bits per heavy atom. The van der Waals surface area contributed by atoms with E-state index in [9.17, 15) is 10.1 Å². The molecule has 0 atom stereocenters. The highest BCUT2D eigenvalue weighted by atomic mass is 16.6. The predicted molar refractivity (Wildman–Crippen MR) is 92.8 cm³/mol. The smallest absolute Gasteiger partial charge is 0.329 e. The molecule has 1 aromatic heterocycles. The minimum absolute atomic E-state index is 0.0905. The third kappa shape index (κ3) is 4.31. The third-order valence-corrected chi connectivity index (χ3v) is 5.16. The average Bonchev–Trinajstić information content (AvgIpc) is 2.57. The lowest BCUT2D eigenvalue weighted by atomic mass is 9.88. The van der Waals surface area contributed by atoms with Crippen molar-refractivity contribution in [3.8, 4) is 0 Å². The molecule has 0 bridgehead atoms. The molecule has 132 valence electrons. The van der Waals surface area contributed by atoms with Crippen LogP contribution >= 0.6 is 0 Å². The molecule has 1 saturated carbocycles. The number of hydrogen-bond acceptors (Lipinski definition) is 7. The molecule has 1 aromatic rings. The van der Waals surface area contributed by atoms with Gasteiger partial charge in [0.2, 0.25) is 11.8 Å². The van der Waals surface area contributed by atoms with E-state index >= 15 is 0 Å². The fourth-order valence-corrected chi connectivity index (χ4v) is 3.78. The van der Waals surface area contributed by atoms with Crippen molar-refractivity contribution >= 4 is 17.5 Å². The van der Waals surface area contributed by atoms with Gasteiger partial charge in [-0.05, 0) is 31.6 Å². The van der Waals surface area contributed by atoms with E-state index in [0.29, 0.717) is 12.0 Å². The number of nitro groups is 1. The molecule has 1 saturated heterocycles. The van der Waals surface area contributed by atoms with Crippen LogP contribution in [0.4, 0.5) is 17.5 Å². The highest BCUT2D eigenvalue weighted by molar-refractivity contribution is 5.53. The van der Waals surface area contributed by atoms with Gasteiger partial charge >= 0.3 is 5.69 Å². The topological polar surface area (TPSA) is 110 Å². The van der Waals surface area contributed by atoms with Crippen molar-refractivity contribution in [2.75, 3.05) is 30.7 Å². The molecule has 2 heterocycles. The molecule has 24 heavy (non-hydrogen) atoms. The summed E-state index contributed by atoms with van der Waals surface area (Å²) in [7, 11) is 0. The number of piperidine rings is 1. The van der Waals surface area contributed by atoms with Crippen molar-refractivity contribution in [2.45, 2.75) is 51.0 Å². The van der Waals surface area contributed by atoms with Gasteiger partial charge < -0.3 is 16.0 Å². The maximum Gasteiger partial charge on any atom is 0.329 e. The van der Waals surface area contributed by atoms with Crippen molar-refractivity contribution in [1.82, 2.24) is 14.9 Å². The summed E-state index contributed by atoms with van der Waals surface area (Å²) >= 11 is 0. The van der Waals surface area contributed by atoms with Crippen molar-refractivity contribution < 1.29 is 4.92 Å². The Labute approximate surface area is 142 Å². The van der Waals surface area contributed by atoms with Crippen molar-refractivity contribution in [1.29, 1.82) is 0 Å². The molecule has 3 N–H and O–H groups in total. The monoisotopic (exact) mass is 334 g/mol. The summed E-state index contributed by atoms with van der Waals surface area (Å²) in [6.45, 7) is 3.39. The summed E-state index contributed by atoms with van der Waals surface area (Å²) in [6.07, 6.45) is 10.2. The average molecular weight is 334 g/mol. The minimum atomic E-state index is -0.567. The van der Waals surface area contributed by atoms with Crippen LogP contribution in [0.25, 0.3) is 0 Å². The van der Waals surface area contributed by atoms with Crippen LogP contribution in [0.3, 0.4) is 0 Å². The van der Waals surface area contributed by atoms with Crippen LogP contribution in [0.1, 0.15) is 44.9 Å². The lowest BCUT2D eigenvalue weighted by Crippen LogP contribution is -2.41. The summed E-state index contributed by atoms with van der Waals surface area (Å²) in [6, 6.07) is 0.300. The second-order valence-electron chi connectivity index (χ2n) is 6.94. The van der Waals surface area contributed by atoms with Gasteiger partial charge in [-0.1, -0.05) is 19.3 Å². The standard InChI is InChI=1S/C16H26N6O2/c17-15-14(22(23)24)10-18-16(20-15)19-13-6-8-21(9-7-13)11-12-4-2-1-3-5-12/h10,12-13H,1-9,11H2,(H3,17,18,19,20). The molecule has 0 unspecified atom stereocenters.